The molecule has 0 bridgehead atoms. The van der Waals surface area contributed by atoms with Crippen molar-refractivity contribution in [1.82, 2.24) is 0 Å². The third-order valence-corrected chi connectivity index (χ3v) is 4.36. The smallest absolute Gasteiger partial charge is 0.316 e. The fourth-order valence-electron chi connectivity index (χ4n) is 0.633. The molecule has 0 aromatic rings. The van der Waals surface area contributed by atoms with E-state index in [0.717, 1.165) is 11.4 Å². The highest BCUT2D eigenvalue weighted by molar-refractivity contribution is 8.55. The van der Waals surface area contributed by atoms with Crippen LogP contribution in [0.2, 0.25) is 0 Å². The Balaban J connectivity index is 2.58. The molecule has 1 aliphatic heterocycles. The molecule has 5 heteroatoms. The Morgan fingerprint density at radius 1 is 1.90 bits per heavy atom. The summed E-state index contributed by atoms with van der Waals surface area (Å²) in [5.74, 6) is 2.41. The van der Waals surface area contributed by atoms with E-state index >= 15 is 0 Å². The van der Waals surface area contributed by atoms with E-state index in [2.05, 4.69) is 10.4 Å². The Hall–Kier alpha value is 0.0600. The van der Waals surface area contributed by atoms with Gasteiger partial charge in [0.1, 0.15) is 0 Å². The van der Waals surface area contributed by atoms with Crippen molar-refractivity contribution in [1.29, 1.82) is 0 Å². The maximum absolute atomic E-state index is 10.8. The summed E-state index contributed by atoms with van der Waals surface area (Å²) in [5, 5.41) is -0.162. The molecule has 10 heavy (non-hydrogen) atoms. The molecule has 0 spiro atoms. The summed E-state index contributed by atoms with van der Waals surface area (Å²) >= 11 is 0.841. The van der Waals surface area contributed by atoms with Gasteiger partial charge in [-0.25, -0.2) is 4.57 Å². The first-order valence-corrected chi connectivity index (χ1v) is 5.82. The molecule has 1 rings (SSSR count). The molecule has 1 N–H and O–H groups in total. The van der Waals surface area contributed by atoms with Crippen molar-refractivity contribution in [2.24, 2.45) is 0 Å². The lowest BCUT2D eigenvalue weighted by molar-refractivity contribution is 0.268. The van der Waals surface area contributed by atoms with Crippen molar-refractivity contribution < 1.29 is 14.0 Å². The van der Waals surface area contributed by atoms with Crippen LogP contribution >= 0.6 is 18.2 Å². The fourth-order valence-corrected chi connectivity index (χ4v) is 3.48. The van der Waals surface area contributed by atoms with Gasteiger partial charge in [-0.3, -0.25) is 0 Å². The molecule has 1 fully saturated rings. The highest BCUT2D eigenvalue weighted by Gasteiger charge is 2.29. The summed E-state index contributed by atoms with van der Waals surface area (Å²) in [7, 11) is 0. The zero-order valence-corrected chi connectivity index (χ0v) is 6.90. The van der Waals surface area contributed by atoms with Crippen LogP contribution < -0.4 is 0 Å². The zero-order chi connectivity index (χ0) is 7.61. The third-order valence-electron chi connectivity index (χ3n) is 1.08. The van der Waals surface area contributed by atoms with E-state index in [1.165, 1.54) is 0 Å². The van der Waals surface area contributed by atoms with Crippen LogP contribution in [0.1, 0.15) is 6.42 Å². The minimum absolute atomic E-state index is 0.162. The molecule has 56 valence electrons. The molecule has 3 nitrogen and oxygen atoms in total. The van der Waals surface area contributed by atoms with E-state index in [-0.39, 0.29) is 11.9 Å². The van der Waals surface area contributed by atoms with Crippen LogP contribution in [-0.4, -0.2) is 16.8 Å². The van der Waals surface area contributed by atoms with Crippen LogP contribution in [-0.2, 0) is 9.09 Å². The SMILES string of the molecule is C#CC1CCOP(=O)(O)S1. The lowest BCUT2D eigenvalue weighted by Crippen LogP contribution is -2.09. The van der Waals surface area contributed by atoms with Gasteiger partial charge in [0.25, 0.3) is 0 Å². The summed E-state index contributed by atoms with van der Waals surface area (Å²) in [6.45, 7) is -3.10. The average molecular weight is 178 g/mol. The highest BCUT2D eigenvalue weighted by Crippen LogP contribution is 2.60. The van der Waals surface area contributed by atoms with Crippen molar-refractivity contribution in [3.05, 3.63) is 0 Å². The van der Waals surface area contributed by atoms with E-state index in [1.54, 1.807) is 0 Å². The van der Waals surface area contributed by atoms with E-state index in [1.807, 2.05) is 0 Å². The van der Waals surface area contributed by atoms with Crippen molar-refractivity contribution in [2.75, 3.05) is 6.61 Å². The zero-order valence-electron chi connectivity index (χ0n) is 5.19. The minimum atomic E-state index is -3.39. The third kappa shape index (κ3) is 2.03. The molecule has 0 radical (unpaired) electrons. The molecule has 0 aliphatic carbocycles. The molecule has 0 amide bonds. The normalized spacial score (nSPS) is 40.6. The van der Waals surface area contributed by atoms with Gasteiger partial charge in [-0.2, -0.15) is 0 Å². The summed E-state index contributed by atoms with van der Waals surface area (Å²) in [4.78, 5) is 8.88. The molecular formula is C5H7O3PS. The molecule has 1 aliphatic rings. The van der Waals surface area contributed by atoms with Crippen LogP contribution in [0.4, 0.5) is 0 Å². The first-order valence-electron chi connectivity index (χ1n) is 2.76. The topological polar surface area (TPSA) is 46.5 Å². The van der Waals surface area contributed by atoms with Gasteiger partial charge in [-0.05, 0) is 17.8 Å². The quantitative estimate of drug-likeness (QED) is 0.448. The average Bonchev–Trinajstić information content (AvgIpc) is 1.86. The lowest BCUT2D eigenvalue weighted by atomic mass is 10.3. The molecular weight excluding hydrogens is 171 g/mol. The molecule has 2 unspecified atom stereocenters. The maximum Gasteiger partial charge on any atom is 0.387 e. The number of hydrogen-bond donors (Lipinski definition) is 1. The Morgan fingerprint density at radius 2 is 2.60 bits per heavy atom. The van der Waals surface area contributed by atoms with Crippen molar-refractivity contribution in [2.45, 2.75) is 11.7 Å². The maximum atomic E-state index is 10.8. The second-order valence-corrected chi connectivity index (χ2v) is 5.84. The van der Waals surface area contributed by atoms with E-state index < -0.39 is 6.80 Å². The summed E-state index contributed by atoms with van der Waals surface area (Å²) in [6.07, 6.45) is 5.72. The van der Waals surface area contributed by atoms with E-state index in [9.17, 15) is 4.57 Å². The molecule has 0 aromatic heterocycles. The van der Waals surface area contributed by atoms with Gasteiger partial charge < -0.3 is 9.42 Å². The van der Waals surface area contributed by atoms with Crippen LogP contribution in [0.25, 0.3) is 0 Å². The fraction of sp³-hybridized carbons (Fsp3) is 0.600. The Bertz CT molecular complexity index is 209. The number of hydrogen-bond acceptors (Lipinski definition) is 3. The van der Waals surface area contributed by atoms with Crippen LogP contribution in [0, 0.1) is 12.3 Å². The monoisotopic (exact) mass is 178 g/mol. The Labute approximate surface area is 63.4 Å². The Kier molecular flexibility index (Phi) is 2.43. The second kappa shape index (κ2) is 2.98. The van der Waals surface area contributed by atoms with Crippen LogP contribution in [0.3, 0.4) is 0 Å². The van der Waals surface area contributed by atoms with Gasteiger partial charge in [-0.15, -0.1) is 6.42 Å². The molecule has 1 heterocycles. The van der Waals surface area contributed by atoms with Gasteiger partial charge in [0, 0.05) is 0 Å². The standard InChI is InChI=1S/C5H7O3PS/c1-2-5-3-4-8-9(6,7)10-5/h1,5H,3-4H2,(H,6,7). The van der Waals surface area contributed by atoms with Gasteiger partial charge in [0.2, 0.25) is 0 Å². The van der Waals surface area contributed by atoms with Crippen LogP contribution in [0.15, 0.2) is 0 Å². The lowest BCUT2D eigenvalue weighted by Gasteiger charge is -2.20. The minimum Gasteiger partial charge on any atom is -0.316 e. The van der Waals surface area contributed by atoms with E-state index in [0.29, 0.717) is 6.42 Å². The summed E-state index contributed by atoms with van der Waals surface area (Å²) in [6, 6.07) is 0. The summed E-state index contributed by atoms with van der Waals surface area (Å²) < 4.78 is 15.4. The Morgan fingerprint density at radius 3 is 3.00 bits per heavy atom. The number of terminal acetylenes is 1. The second-order valence-electron chi connectivity index (χ2n) is 1.85. The largest absolute Gasteiger partial charge is 0.387 e. The van der Waals surface area contributed by atoms with Gasteiger partial charge in [-0.1, -0.05) is 5.92 Å². The molecule has 0 aromatic carbocycles. The van der Waals surface area contributed by atoms with Crippen LogP contribution in [0.5, 0.6) is 0 Å². The van der Waals surface area contributed by atoms with Crippen molar-refractivity contribution >= 4 is 18.2 Å². The van der Waals surface area contributed by atoms with Gasteiger partial charge in [0.05, 0.1) is 11.9 Å². The molecule has 0 saturated carbocycles. The molecule has 1 saturated heterocycles. The first-order chi connectivity index (χ1) is 4.64. The van der Waals surface area contributed by atoms with E-state index in [4.69, 9.17) is 11.3 Å². The highest BCUT2D eigenvalue weighted by atomic mass is 32.7. The molecule has 2 atom stereocenters. The van der Waals surface area contributed by atoms with Gasteiger partial charge >= 0.3 is 6.80 Å². The van der Waals surface area contributed by atoms with Crippen molar-refractivity contribution in [3.63, 3.8) is 0 Å². The van der Waals surface area contributed by atoms with Gasteiger partial charge in [0.15, 0.2) is 0 Å². The predicted molar refractivity (Wildman–Crippen MR) is 40.6 cm³/mol. The van der Waals surface area contributed by atoms with Crippen molar-refractivity contribution in [3.8, 4) is 12.3 Å². The number of rotatable bonds is 0. The summed E-state index contributed by atoms with van der Waals surface area (Å²) in [5.41, 5.74) is 0. The predicted octanol–water partition coefficient (Wildman–Crippen LogP) is 1.24. The first kappa shape index (κ1) is 8.16.